The summed E-state index contributed by atoms with van der Waals surface area (Å²) in [7, 11) is 3.84. The van der Waals surface area contributed by atoms with Crippen LogP contribution in [0.1, 0.15) is 16.1 Å². The molecule has 8 nitrogen and oxygen atoms in total. The average molecular weight is 390 g/mol. The topological polar surface area (TPSA) is 84.0 Å². The number of aryl methyl sites for hydroxylation is 1. The molecule has 0 bridgehead atoms. The van der Waals surface area contributed by atoms with E-state index in [1.807, 2.05) is 31.3 Å². The minimum absolute atomic E-state index is 0.0558. The van der Waals surface area contributed by atoms with Crippen LogP contribution >= 0.6 is 11.3 Å². The largest absolute Gasteiger partial charge is 0.454 e. The molecule has 1 N–H and O–H groups in total. The number of thiazole rings is 1. The van der Waals surface area contributed by atoms with Crippen molar-refractivity contribution in [3.05, 3.63) is 34.8 Å². The van der Waals surface area contributed by atoms with Gasteiger partial charge in [-0.05, 0) is 39.2 Å². The molecule has 0 fully saturated rings. The number of nitrogens with one attached hydrogen (secondary N) is 1. The zero-order valence-corrected chi connectivity index (χ0v) is 16.3. The summed E-state index contributed by atoms with van der Waals surface area (Å²) in [5, 5.41) is 5.13. The van der Waals surface area contributed by atoms with E-state index in [4.69, 9.17) is 9.47 Å². The van der Waals surface area contributed by atoms with Gasteiger partial charge in [0.05, 0.1) is 5.69 Å². The lowest BCUT2D eigenvalue weighted by Crippen LogP contribution is -2.41. The Morgan fingerprint density at radius 3 is 2.70 bits per heavy atom. The molecule has 0 saturated heterocycles. The van der Waals surface area contributed by atoms with E-state index in [1.165, 1.54) is 16.2 Å². The van der Waals surface area contributed by atoms with Gasteiger partial charge >= 0.3 is 0 Å². The predicted molar refractivity (Wildman–Crippen MR) is 103 cm³/mol. The van der Waals surface area contributed by atoms with E-state index in [1.54, 1.807) is 18.2 Å². The van der Waals surface area contributed by atoms with Crippen molar-refractivity contribution in [3.8, 4) is 11.5 Å². The predicted octanol–water partition coefficient (Wildman–Crippen LogP) is 1.82. The Morgan fingerprint density at radius 1 is 1.22 bits per heavy atom. The fourth-order valence-corrected chi connectivity index (χ4v) is 3.23. The second-order valence-corrected chi connectivity index (χ2v) is 7.30. The Labute approximate surface area is 161 Å². The van der Waals surface area contributed by atoms with Crippen molar-refractivity contribution < 1.29 is 19.1 Å². The first kappa shape index (κ1) is 19.1. The summed E-state index contributed by atoms with van der Waals surface area (Å²) < 4.78 is 10.6. The van der Waals surface area contributed by atoms with Crippen molar-refractivity contribution in [3.63, 3.8) is 0 Å². The lowest BCUT2D eigenvalue weighted by atomic mass is 10.1. The molecule has 0 spiro atoms. The fraction of sp³-hybridized carbons (Fsp3) is 0.389. The molecule has 3 rings (SSSR count). The molecule has 1 aromatic heterocycles. The van der Waals surface area contributed by atoms with Crippen LogP contribution in [-0.2, 0) is 4.79 Å². The number of nitrogens with zero attached hydrogens (tertiary/aromatic N) is 3. The summed E-state index contributed by atoms with van der Waals surface area (Å²) in [6, 6.07) is 5.04. The van der Waals surface area contributed by atoms with Crippen LogP contribution in [0.25, 0.3) is 0 Å². The molecule has 2 heterocycles. The number of likely N-dealkylation sites (N-methyl/N-ethyl adjacent to an activating group) is 1. The summed E-state index contributed by atoms with van der Waals surface area (Å²) in [6.07, 6.45) is 0. The maximum absolute atomic E-state index is 13.0. The van der Waals surface area contributed by atoms with Crippen molar-refractivity contribution >= 4 is 28.3 Å². The Bertz CT molecular complexity index is 837. The van der Waals surface area contributed by atoms with E-state index >= 15 is 0 Å². The molecule has 0 unspecified atom stereocenters. The highest BCUT2D eigenvalue weighted by Gasteiger charge is 2.22. The number of benzene rings is 1. The van der Waals surface area contributed by atoms with Crippen molar-refractivity contribution in [2.75, 3.05) is 45.8 Å². The van der Waals surface area contributed by atoms with Gasteiger partial charge in [-0.3, -0.25) is 9.59 Å². The molecule has 2 aromatic rings. The summed E-state index contributed by atoms with van der Waals surface area (Å²) in [5.41, 5.74) is 1.30. The van der Waals surface area contributed by atoms with E-state index in [9.17, 15) is 9.59 Å². The summed E-state index contributed by atoms with van der Waals surface area (Å²) in [6.45, 7) is 3.01. The van der Waals surface area contributed by atoms with Crippen molar-refractivity contribution in [1.82, 2.24) is 14.8 Å². The number of rotatable bonds is 7. The lowest BCUT2D eigenvalue weighted by molar-refractivity contribution is -0.116. The Kier molecular flexibility index (Phi) is 5.92. The van der Waals surface area contributed by atoms with Crippen LogP contribution in [0.3, 0.4) is 0 Å². The van der Waals surface area contributed by atoms with Crippen LogP contribution in [-0.4, -0.2) is 67.1 Å². The highest BCUT2D eigenvalue weighted by atomic mass is 32.1. The van der Waals surface area contributed by atoms with Gasteiger partial charge in [0.15, 0.2) is 16.6 Å². The first-order chi connectivity index (χ1) is 12.9. The van der Waals surface area contributed by atoms with E-state index < -0.39 is 0 Å². The summed E-state index contributed by atoms with van der Waals surface area (Å²) in [5.74, 6) is 0.636. The van der Waals surface area contributed by atoms with Gasteiger partial charge < -0.3 is 24.6 Å². The third-order valence-electron chi connectivity index (χ3n) is 3.92. The first-order valence-corrected chi connectivity index (χ1v) is 9.36. The van der Waals surface area contributed by atoms with Gasteiger partial charge in [-0.2, -0.15) is 0 Å². The zero-order valence-electron chi connectivity index (χ0n) is 15.5. The normalized spacial score (nSPS) is 12.3. The molecular formula is C18H22N4O4S. The molecule has 2 amide bonds. The molecular weight excluding hydrogens is 368 g/mol. The molecule has 27 heavy (non-hydrogen) atoms. The Balaban J connectivity index is 1.71. The highest BCUT2D eigenvalue weighted by Crippen LogP contribution is 2.32. The summed E-state index contributed by atoms with van der Waals surface area (Å²) >= 11 is 1.36. The molecule has 0 radical (unpaired) electrons. The number of carbonyl (C=O) groups is 2. The van der Waals surface area contributed by atoms with Crippen molar-refractivity contribution in [2.45, 2.75) is 6.92 Å². The highest BCUT2D eigenvalue weighted by molar-refractivity contribution is 7.13. The second-order valence-electron chi connectivity index (χ2n) is 6.44. The van der Waals surface area contributed by atoms with Crippen LogP contribution < -0.4 is 14.8 Å². The molecule has 0 aliphatic carbocycles. The quantitative estimate of drug-likeness (QED) is 0.776. The second kappa shape index (κ2) is 8.36. The van der Waals surface area contributed by atoms with Gasteiger partial charge in [-0.25, -0.2) is 4.98 Å². The maximum Gasteiger partial charge on any atom is 0.254 e. The van der Waals surface area contributed by atoms with Gasteiger partial charge in [0.2, 0.25) is 12.7 Å². The van der Waals surface area contributed by atoms with Crippen molar-refractivity contribution in [2.24, 2.45) is 0 Å². The number of anilines is 1. The van der Waals surface area contributed by atoms with Crippen LogP contribution in [0.15, 0.2) is 23.6 Å². The van der Waals surface area contributed by atoms with Gasteiger partial charge in [-0.15, -0.1) is 11.3 Å². The number of hydrogen-bond acceptors (Lipinski definition) is 7. The standard InChI is InChI=1S/C18H22N4O4S/c1-12-10-27-18(19-12)20-16(23)9-22(7-6-21(2)3)17(24)13-4-5-14-15(8-13)26-11-25-14/h4-5,8,10H,6-7,9,11H2,1-3H3,(H,19,20,23). The molecule has 0 atom stereocenters. The average Bonchev–Trinajstić information content (AvgIpc) is 3.25. The summed E-state index contributed by atoms with van der Waals surface area (Å²) in [4.78, 5) is 33.1. The van der Waals surface area contributed by atoms with E-state index in [0.717, 1.165) is 5.69 Å². The molecule has 9 heteroatoms. The van der Waals surface area contributed by atoms with Crippen LogP contribution in [0.5, 0.6) is 11.5 Å². The lowest BCUT2D eigenvalue weighted by Gasteiger charge is -2.24. The van der Waals surface area contributed by atoms with Gasteiger partial charge in [0.1, 0.15) is 6.54 Å². The van der Waals surface area contributed by atoms with Crippen LogP contribution in [0, 0.1) is 6.92 Å². The van der Waals surface area contributed by atoms with E-state index in [-0.39, 0.29) is 25.2 Å². The number of fused-ring (bicyclic) bond motifs is 1. The molecule has 1 aliphatic heterocycles. The fourth-order valence-electron chi connectivity index (χ4n) is 2.53. The number of carbonyl (C=O) groups excluding carboxylic acids is 2. The smallest absolute Gasteiger partial charge is 0.254 e. The number of ether oxygens (including phenoxy) is 2. The Hall–Kier alpha value is -2.65. The minimum Gasteiger partial charge on any atom is -0.454 e. The van der Waals surface area contributed by atoms with Gasteiger partial charge in [0.25, 0.3) is 5.91 Å². The molecule has 0 saturated carbocycles. The van der Waals surface area contributed by atoms with Crippen LogP contribution in [0.2, 0.25) is 0 Å². The SMILES string of the molecule is Cc1csc(NC(=O)CN(CCN(C)C)C(=O)c2ccc3c(c2)OCO3)n1. The minimum atomic E-state index is -0.280. The Morgan fingerprint density at radius 2 is 2.00 bits per heavy atom. The van der Waals surface area contributed by atoms with E-state index in [0.29, 0.717) is 35.3 Å². The van der Waals surface area contributed by atoms with E-state index in [2.05, 4.69) is 10.3 Å². The third kappa shape index (κ3) is 4.95. The van der Waals surface area contributed by atoms with Crippen molar-refractivity contribution in [1.29, 1.82) is 0 Å². The van der Waals surface area contributed by atoms with Gasteiger partial charge in [0, 0.05) is 24.0 Å². The number of amides is 2. The molecule has 1 aliphatic rings. The third-order valence-corrected chi connectivity index (χ3v) is 4.80. The number of aromatic nitrogens is 1. The molecule has 144 valence electrons. The van der Waals surface area contributed by atoms with Gasteiger partial charge in [-0.1, -0.05) is 0 Å². The maximum atomic E-state index is 13.0. The first-order valence-electron chi connectivity index (χ1n) is 8.48. The number of hydrogen-bond donors (Lipinski definition) is 1. The van der Waals surface area contributed by atoms with Crippen LogP contribution in [0.4, 0.5) is 5.13 Å². The molecule has 1 aromatic carbocycles. The monoisotopic (exact) mass is 390 g/mol. The zero-order chi connectivity index (χ0) is 19.4.